The Morgan fingerprint density at radius 2 is 1.97 bits per heavy atom. The summed E-state index contributed by atoms with van der Waals surface area (Å²) in [6, 6.07) is 13.4. The van der Waals surface area contributed by atoms with Crippen LogP contribution in [0.1, 0.15) is 50.2 Å². The number of nitrogens with zero attached hydrogens (tertiary/aromatic N) is 2. The molecule has 0 radical (unpaired) electrons. The summed E-state index contributed by atoms with van der Waals surface area (Å²) in [7, 11) is 0. The second-order valence-electron chi connectivity index (χ2n) is 10.6. The molecule has 38 heavy (non-hydrogen) atoms. The van der Waals surface area contributed by atoms with Crippen LogP contribution >= 0.6 is 0 Å². The van der Waals surface area contributed by atoms with E-state index in [9.17, 15) is 14.7 Å². The smallest absolute Gasteiger partial charge is 0.330 e. The largest absolute Gasteiger partial charge is 0.481 e. The lowest BCUT2D eigenvalue weighted by molar-refractivity contribution is -0.259. The molecule has 0 amide bonds. The molecule has 2 aromatic carbocycles. The van der Waals surface area contributed by atoms with E-state index in [1.165, 1.54) is 4.90 Å². The number of Topliss-reactive ketones (excluding diaryl/α,β-unsaturated/α-hetero) is 1. The molecule has 9 heteroatoms. The van der Waals surface area contributed by atoms with Crippen molar-refractivity contribution in [1.82, 2.24) is 9.88 Å². The third-order valence-electron chi connectivity index (χ3n) is 7.81. The van der Waals surface area contributed by atoms with Crippen molar-refractivity contribution in [2.75, 3.05) is 18.4 Å². The monoisotopic (exact) mass is 523 g/mol. The van der Waals surface area contributed by atoms with Crippen LogP contribution in [0.5, 0.6) is 0 Å². The van der Waals surface area contributed by atoms with Crippen LogP contribution in [0.15, 0.2) is 46.9 Å². The van der Waals surface area contributed by atoms with Crippen molar-refractivity contribution in [3.63, 3.8) is 0 Å². The fourth-order valence-electron chi connectivity index (χ4n) is 5.54. The number of carbonyl (C=O) groups is 2. The van der Waals surface area contributed by atoms with Gasteiger partial charge in [0, 0.05) is 25.2 Å². The zero-order valence-corrected chi connectivity index (χ0v) is 21.8. The molecule has 4 atom stereocenters. The topological polar surface area (TPSA) is 105 Å². The number of carbonyl (C=O) groups excluding carboxylic acids is 1. The summed E-state index contributed by atoms with van der Waals surface area (Å²) in [5.41, 5.74) is 3.66. The Balaban J connectivity index is 1.33. The van der Waals surface area contributed by atoms with E-state index < -0.39 is 29.8 Å². The molecule has 5 rings (SSSR count). The first kappa shape index (κ1) is 26.3. The maximum absolute atomic E-state index is 16.6. The summed E-state index contributed by atoms with van der Waals surface area (Å²) >= 11 is 0. The number of likely N-dealkylation sites (tertiary alicyclic amines) is 1. The number of ketones is 1. The number of aromatic nitrogens is 1. The molecule has 1 saturated carbocycles. The Morgan fingerprint density at radius 3 is 2.68 bits per heavy atom. The number of aryl methyl sites for hydroxylation is 1. The molecule has 0 spiro atoms. The number of benzene rings is 2. The van der Waals surface area contributed by atoms with Gasteiger partial charge in [-0.1, -0.05) is 31.2 Å². The lowest BCUT2D eigenvalue weighted by atomic mass is 9.80. The quantitative estimate of drug-likeness (QED) is 0.349. The first-order valence-corrected chi connectivity index (χ1v) is 13.3. The minimum Gasteiger partial charge on any atom is -0.481 e. The van der Waals surface area contributed by atoms with Gasteiger partial charge in [0.25, 0.3) is 6.01 Å². The van der Waals surface area contributed by atoms with Crippen LogP contribution in [0.2, 0.25) is 0 Å². The number of carboxylic acids is 1. The summed E-state index contributed by atoms with van der Waals surface area (Å²) in [6.07, 6.45) is 2.14. The van der Waals surface area contributed by atoms with E-state index in [0.717, 1.165) is 24.1 Å². The zero-order chi connectivity index (χ0) is 26.9. The molecule has 1 aliphatic heterocycles. The molecular weight excluding hydrogens is 489 g/mol. The number of ether oxygens (including phenoxy) is 1. The van der Waals surface area contributed by atoms with Gasteiger partial charge in [0.2, 0.25) is 5.78 Å². The molecule has 202 valence electrons. The summed E-state index contributed by atoms with van der Waals surface area (Å²) in [5.74, 6) is -4.68. The summed E-state index contributed by atoms with van der Waals surface area (Å²) in [5, 5.41) is 12.5. The SMILES string of the molecule is Cc1ccccc1Nc1nc2ccc(CC(=O)C(F)(O[C@H]3CCC(C(=O)O)CC3C)N3CCCC3)cc2o1. The second kappa shape index (κ2) is 10.8. The highest BCUT2D eigenvalue weighted by Gasteiger charge is 2.49. The normalized spacial score (nSPS) is 23.8. The van der Waals surface area contributed by atoms with Gasteiger partial charge in [-0.2, -0.15) is 9.37 Å². The van der Waals surface area contributed by atoms with Gasteiger partial charge in [-0.3, -0.25) is 9.59 Å². The van der Waals surface area contributed by atoms with Crippen molar-refractivity contribution >= 4 is 34.6 Å². The highest BCUT2D eigenvalue weighted by molar-refractivity contribution is 5.88. The molecule has 1 aliphatic carbocycles. The van der Waals surface area contributed by atoms with Crippen LogP contribution in [0.25, 0.3) is 11.1 Å². The van der Waals surface area contributed by atoms with Crippen LogP contribution in [0, 0.1) is 18.8 Å². The molecule has 1 aromatic heterocycles. The number of aliphatic carboxylic acids is 1. The Hall–Kier alpha value is -3.30. The maximum atomic E-state index is 16.6. The van der Waals surface area contributed by atoms with E-state index in [0.29, 0.717) is 55.0 Å². The Labute approximate surface area is 221 Å². The van der Waals surface area contributed by atoms with E-state index >= 15 is 4.39 Å². The second-order valence-corrected chi connectivity index (χ2v) is 10.6. The van der Waals surface area contributed by atoms with E-state index in [1.54, 1.807) is 18.2 Å². The summed E-state index contributed by atoms with van der Waals surface area (Å²) in [4.78, 5) is 30.9. The number of anilines is 2. The fourth-order valence-corrected chi connectivity index (χ4v) is 5.54. The van der Waals surface area contributed by atoms with Crippen molar-refractivity contribution in [1.29, 1.82) is 0 Å². The summed E-state index contributed by atoms with van der Waals surface area (Å²) in [6.45, 7) is 4.74. The van der Waals surface area contributed by atoms with Crippen LogP contribution in [-0.2, 0) is 20.7 Å². The van der Waals surface area contributed by atoms with Crippen molar-refractivity contribution < 1.29 is 28.2 Å². The number of carboxylic acid groups (broad SMARTS) is 1. The average Bonchev–Trinajstić information content (AvgIpc) is 3.56. The number of nitrogens with one attached hydrogen (secondary N) is 1. The highest BCUT2D eigenvalue weighted by Crippen LogP contribution is 2.37. The van der Waals surface area contributed by atoms with E-state index in [2.05, 4.69) is 10.3 Å². The number of para-hydroxylation sites is 1. The number of halogens is 1. The average molecular weight is 524 g/mol. The van der Waals surface area contributed by atoms with Crippen LogP contribution in [-0.4, -0.2) is 51.9 Å². The molecule has 2 heterocycles. The number of fused-ring (bicyclic) bond motifs is 1. The molecule has 2 N–H and O–H groups in total. The van der Waals surface area contributed by atoms with Crippen LogP contribution in [0.3, 0.4) is 0 Å². The van der Waals surface area contributed by atoms with Gasteiger partial charge in [0.05, 0.1) is 12.0 Å². The lowest BCUT2D eigenvalue weighted by Gasteiger charge is -2.40. The van der Waals surface area contributed by atoms with Crippen molar-refractivity contribution in [2.45, 2.75) is 64.5 Å². The molecule has 2 aliphatic rings. The minimum absolute atomic E-state index is 0.164. The summed E-state index contributed by atoms with van der Waals surface area (Å²) < 4.78 is 28.4. The fraction of sp³-hybridized carbons (Fsp3) is 0.483. The van der Waals surface area contributed by atoms with Gasteiger partial charge >= 0.3 is 11.9 Å². The third-order valence-corrected chi connectivity index (χ3v) is 7.81. The zero-order valence-electron chi connectivity index (χ0n) is 21.8. The van der Waals surface area contributed by atoms with E-state index in [-0.39, 0.29) is 12.3 Å². The van der Waals surface area contributed by atoms with E-state index in [1.807, 2.05) is 38.1 Å². The van der Waals surface area contributed by atoms with Gasteiger partial charge < -0.3 is 19.6 Å². The number of hydrogen-bond donors (Lipinski definition) is 2. The number of hydrogen-bond acceptors (Lipinski definition) is 7. The van der Waals surface area contributed by atoms with Crippen molar-refractivity contribution in [3.8, 4) is 0 Å². The van der Waals surface area contributed by atoms with Gasteiger partial charge in [-0.05, 0) is 74.3 Å². The molecule has 3 unspecified atom stereocenters. The predicted octanol–water partition coefficient (Wildman–Crippen LogP) is 5.62. The minimum atomic E-state index is -2.56. The van der Waals surface area contributed by atoms with Gasteiger partial charge in [-0.15, -0.1) is 0 Å². The Morgan fingerprint density at radius 1 is 1.21 bits per heavy atom. The van der Waals surface area contributed by atoms with Gasteiger partial charge in [0.15, 0.2) is 5.58 Å². The first-order valence-electron chi connectivity index (χ1n) is 13.3. The highest BCUT2D eigenvalue weighted by atomic mass is 19.2. The molecule has 0 bridgehead atoms. The number of rotatable bonds is 9. The number of alkyl halides is 1. The van der Waals surface area contributed by atoms with Crippen molar-refractivity contribution in [2.24, 2.45) is 11.8 Å². The third kappa shape index (κ3) is 5.44. The van der Waals surface area contributed by atoms with Gasteiger partial charge in [-0.25, -0.2) is 4.90 Å². The predicted molar refractivity (Wildman–Crippen MR) is 141 cm³/mol. The lowest BCUT2D eigenvalue weighted by Crippen LogP contribution is -2.55. The molecular formula is C29H34FN3O5. The van der Waals surface area contributed by atoms with E-state index in [4.69, 9.17) is 9.15 Å². The first-order chi connectivity index (χ1) is 18.2. The Kier molecular flexibility index (Phi) is 7.49. The van der Waals surface area contributed by atoms with Gasteiger partial charge in [0.1, 0.15) is 5.52 Å². The van der Waals surface area contributed by atoms with Crippen LogP contribution < -0.4 is 5.32 Å². The Bertz CT molecular complexity index is 1320. The number of oxazole rings is 1. The molecule has 8 nitrogen and oxygen atoms in total. The standard InChI is InChI=1S/C29H34FN3O5/c1-18-7-3-4-8-22(18)31-28-32-23-11-9-20(16-25(23)37-28)17-26(34)29(30,33-13-5-6-14-33)38-24-12-10-21(27(35)36)15-19(24)2/h3-4,7-9,11,16,19,21,24H,5-6,10,12-15,17H2,1-2H3,(H,31,32)(H,35,36)/t19?,21?,24-,29?/m0/s1. The van der Waals surface area contributed by atoms with Crippen LogP contribution in [0.4, 0.5) is 16.1 Å². The maximum Gasteiger partial charge on any atom is 0.330 e. The molecule has 3 aromatic rings. The van der Waals surface area contributed by atoms with Crippen molar-refractivity contribution in [3.05, 3.63) is 53.6 Å². The molecule has 2 fully saturated rings. The molecule has 1 saturated heterocycles.